The Balaban J connectivity index is 0.000000517. The number of carboxylic acid groups (broad SMARTS) is 1. The normalized spacial score (nSPS) is 14.2. The number of aliphatic carboxylic acids is 1. The van der Waals surface area contributed by atoms with Crippen molar-refractivity contribution in [2.75, 3.05) is 13.1 Å². The van der Waals surface area contributed by atoms with Crippen LogP contribution in [0.25, 0.3) is 16.6 Å². The van der Waals surface area contributed by atoms with E-state index in [0.29, 0.717) is 10.7 Å². The number of hydrogen-bond acceptors (Lipinski definition) is 5. The summed E-state index contributed by atoms with van der Waals surface area (Å²) in [6.07, 6.45) is -3.41. The minimum atomic E-state index is -5.08. The van der Waals surface area contributed by atoms with Gasteiger partial charge in [-0.3, -0.25) is 14.5 Å². The third-order valence-electron chi connectivity index (χ3n) is 6.66. The van der Waals surface area contributed by atoms with E-state index in [1.54, 1.807) is 42.5 Å². The van der Waals surface area contributed by atoms with E-state index in [-0.39, 0.29) is 28.4 Å². The number of para-hydroxylation sites is 1. The molecule has 13 heteroatoms. The fourth-order valence-corrected chi connectivity index (χ4v) is 4.80. The van der Waals surface area contributed by atoms with E-state index < -0.39 is 23.4 Å². The van der Waals surface area contributed by atoms with Crippen molar-refractivity contribution >= 4 is 34.4 Å². The summed E-state index contributed by atoms with van der Waals surface area (Å²) in [7, 11) is 0. The molecule has 3 aromatic carbocycles. The number of alkyl halides is 3. The van der Waals surface area contributed by atoms with Crippen LogP contribution in [0.2, 0.25) is 5.02 Å². The predicted molar refractivity (Wildman–Crippen MR) is 151 cm³/mol. The van der Waals surface area contributed by atoms with Crippen molar-refractivity contribution in [2.45, 2.75) is 31.6 Å². The molecule has 42 heavy (non-hydrogen) atoms. The van der Waals surface area contributed by atoms with Crippen LogP contribution in [0.15, 0.2) is 82.4 Å². The lowest BCUT2D eigenvalue weighted by atomic mass is 10.0. The molecular formula is C29H26ClF3N4O5. The third-order valence-corrected chi connectivity index (χ3v) is 6.89. The SMILES string of the molecule is O=C(NC1CCN(Cc2ccccc2)CC1)c1cccc2c(=O)n(-c3cccc(Cl)c3)c(=O)[nH]c12.O=C(O)C(F)(F)F. The highest BCUT2D eigenvalue weighted by Crippen LogP contribution is 2.18. The van der Waals surface area contributed by atoms with Gasteiger partial charge in [0, 0.05) is 30.7 Å². The maximum Gasteiger partial charge on any atom is 0.490 e. The molecule has 9 nitrogen and oxygen atoms in total. The summed E-state index contributed by atoms with van der Waals surface area (Å²) in [5.41, 5.74) is 1.02. The summed E-state index contributed by atoms with van der Waals surface area (Å²) in [5, 5.41) is 10.9. The molecule has 0 atom stereocenters. The number of likely N-dealkylation sites (tertiary alicyclic amines) is 1. The Bertz CT molecular complexity index is 1700. The lowest BCUT2D eigenvalue weighted by Crippen LogP contribution is -2.44. The average molecular weight is 603 g/mol. The zero-order chi connectivity index (χ0) is 30.4. The molecule has 0 saturated carbocycles. The molecule has 1 saturated heterocycles. The van der Waals surface area contributed by atoms with Crippen molar-refractivity contribution in [3.63, 3.8) is 0 Å². The van der Waals surface area contributed by atoms with E-state index in [0.717, 1.165) is 37.0 Å². The number of nitrogens with zero attached hydrogens (tertiary/aromatic N) is 2. The molecule has 0 unspecified atom stereocenters. The van der Waals surface area contributed by atoms with Gasteiger partial charge in [0.1, 0.15) is 0 Å². The van der Waals surface area contributed by atoms with Crippen LogP contribution in [-0.2, 0) is 11.3 Å². The number of nitrogens with one attached hydrogen (secondary N) is 2. The number of carboxylic acids is 1. The lowest BCUT2D eigenvalue weighted by molar-refractivity contribution is -0.192. The summed E-state index contributed by atoms with van der Waals surface area (Å²) < 4.78 is 32.8. The van der Waals surface area contributed by atoms with Gasteiger partial charge in [0.05, 0.1) is 22.2 Å². The molecule has 3 N–H and O–H groups in total. The second-order valence-corrected chi connectivity index (χ2v) is 10.0. The molecule has 0 aliphatic carbocycles. The zero-order valence-electron chi connectivity index (χ0n) is 22.0. The Morgan fingerprint density at radius 1 is 0.976 bits per heavy atom. The molecular weight excluding hydrogens is 577 g/mol. The lowest BCUT2D eigenvalue weighted by Gasteiger charge is -2.32. The molecule has 220 valence electrons. The number of H-pyrrole nitrogens is 1. The molecule has 1 fully saturated rings. The van der Waals surface area contributed by atoms with E-state index in [4.69, 9.17) is 21.5 Å². The molecule has 2 heterocycles. The molecule has 1 aromatic heterocycles. The summed E-state index contributed by atoms with van der Waals surface area (Å²) in [6.45, 7) is 2.66. The van der Waals surface area contributed by atoms with Crippen LogP contribution in [0.3, 0.4) is 0 Å². The van der Waals surface area contributed by atoms with Gasteiger partial charge in [-0.2, -0.15) is 13.2 Å². The number of halogens is 4. The Morgan fingerprint density at radius 2 is 1.62 bits per heavy atom. The highest BCUT2D eigenvalue weighted by Gasteiger charge is 2.38. The van der Waals surface area contributed by atoms with Crippen molar-refractivity contribution < 1.29 is 27.9 Å². The first-order valence-corrected chi connectivity index (χ1v) is 13.2. The number of carbonyl (C=O) groups excluding carboxylic acids is 1. The van der Waals surface area contributed by atoms with Gasteiger partial charge < -0.3 is 15.4 Å². The number of aromatic nitrogens is 2. The monoisotopic (exact) mass is 602 g/mol. The summed E-state index contributed by atoms with van der Waals surface area (Å²) in [4.78, 5) is 53.2. The first-order valence-electron chi connectivity index (χ1n) is 12.9. The molecule has 4 aromatic rings. The summed E-state index contributed by atoms with van der Waals surface area (Å²) in [6, 6.07) is 21.8. The van der Waals surface area contributed by atoms with Gasteiger partial charge in [-0.1, -0.05) is 54.1 Å². The van der Waals surface area contributed by atoms with Crippen molar-refractivity contribution in [1.82, 2.24) is 19.8 Å². The minimum absolute atomic E-state index is 0.0309. The number of rotatable bonds is 5. The minimum Gasteiger partial charge on any atom is -0.475 e. The van der Waals surface area contributed by atoms with E-state index in [1.807, 2.05) is 18.2 Å². The second kappa shape index (κ2) is 13.0. The molecule has 0 radical (unpaired) electrons. The number of aromatic amines is 1. The van der Waals surface area contributed by atoms with Gasteiger partial charge in [-0.05, 0) is 48.7 Å². The van der Waals surface area contributed by atoms with Crippen LogP contribution in [0, 0.1) is 0 Å². The topological polar surface area (TPSA) is 124 Å². The molecule has 1 aliphatic heterocycles. The molecule has 0 spiro atoms. The van der Waals surface area contributed by atoms with Crippen LogP contribution in [0.1, 0.15) is 28.8 Å². The van der Waals surface area contributed by atoms with Crippen molar-refractivity contribution in [3.05, 3.63) is 110 Å². The van der Waals surface area contributed by atoms with Gasteiger partial charge in [0.25, 0.3) is 11.5 Å². The molecule has 1 amide bonds. The number of hydrogen-bond donors (Lipinski definition) is 3. The van der Waals surface area contributed by atoms with Gasteiger partial charge in [-0.15, -0.1) is 0 Å². The van der Waals surface area contributed by atoms with E-state index in [9.17, 15) is 27.6 Å². The number of fused-ring (bicyclic) bond motifs is 1. The zero-order valence-corrected chi connectivity index (χ0v) is 22.8. The Kier molecular flexibility index (Phi) is 9.48. The Labute approximate surface area is 242 Å². The number of carbonyl (C=O) groups is 2. The third kappa shape index (κ3) is 7.45. The first-order chi connectivity index (χ1) is 19.9. The van der Waals surface area contributed by atoms with E-state index >= 15 is 0 Å². The smallest absolute Gasteiger partial charge is 0.475 e. The maximum absolute atomic E-state index is 13.2. The molecule has 5 rings (SSSR count). The van der Waals surface area contributed by atoms with Crippen LogP contribution in [-0.4, -0.2) is 56.7 Å². The van der Waals surface area contributed by atoms with Gasteiger partial charge in [-0.25, -0.2) is 14.2 Å². The number of benzene rings is 3. The Hall–Kier alpha value is -4.42. The summed E-state index contributed by atoms with van der Waals surface area (Å²) in [5.74, 6) is -3.06. The first kappa shape index (κ1) is 30.5. The quantitative estimate of drug-likeness (QED) is 0.312. The Morgan fingerprint density at radius 3 is 2.24 bits per heavy atom. The maximum atomic E-state index is 13.2. The van der Waals surface area contributed by atoms with Gasteiger partial charge in [0.2, 0.25) is 0 Å². The van der Waals surface area contributed by atoms with E-state index in [2.05, 4.69) is 27.3 Å². The fourth-order valence-electron chi connectivity index (χ4n) is 4.62. The number of amides is 1. The van der Waals surface area contributed by atoms with E-state index in [1.165, 1.54) is 5.56 Å². The fraction of sp³-hybridized carbons (Fsp3) is 0.241. The van der Waals surface area contributed by atoms with Crippen molar-refractivity contribution in [2.24, 2.45) is 0 Å². The highest BCUT2D eigenvalue weighted by molar-refractivity contribution is 6.30. The molecule has 1 aliphatic rings. The predicted octanol–water partition coefficient (Wildman–Crippen LogP) is 4.36. The van der Waals surface area contributed by atoms with Crippen molar-refractivity contribution in [3.8, 4) is 5.69 Å². The average Bonchev–Trinajstić information content (AvgIpc) is 2.94. The van der Waals surface area contributed by atoms with Crippen LogP contribution in [0.5, 0.6) is 0 Å². The second-order valence-electron chi connectivity index (χ2n) is 9.59. The standard InChI is InChI=1S/C27H25ClN4O3.C2HF3O2/c28-19-8-4-9-21(16-19)32-26(34)23-11-5-10-22(24(23)30-27(32)35)25(33)29-20-12-14-31(15-13-20)17-18-6-2-1-3-7-18;3-2(4,5)1(6)7/h1-11,16,20H,12-15,17H2,(H,29,33)(H,30,35);(H,6,7). The van der Waals surface area contributed by atoms with Crippen LogP contribution in [0.4, 0.5) is 13.2 Å². The largest absolute Gasteiger partial charge is 0.490 e. The number of piperidine rings is 1. The van der Waals surface area contributed by atoms with Crippen molar-refractivity contribution in [1.29, 1.82) is 0 Å². The van der Waals surface area contributed by atoms with Crippen LogP contribution < -0.4 is 16.6 Å². The van der Waals surface area contributed by atoms with Gasteiger partial charge in [0.15, 0.2) is 0 Å². The van der Waals surface area contributed by atoms with Gasteiger partial charge >= 0.3 is 17.8 Å². The highest BCUT2D eigenvalue weighted by atomic mass is 35.5. The van der Waals surface area contributed by atoms with Crippen LogP contribution >= 0.6 is 11.6 Å². The molecule has 0 bridgehead atoms. The summed E-state index contributed by atoms with van der Waals surface area (Å²) >= 11 is 6.04.